The zero-order chi connectivity index (χ0) is 20.4. The molecule has 7 heteroatoms. The van der Waals surface area contributed by atoms with Gasteiger partial charge in [0.2, 0.25) is 26.6 Å². The number of nitrogens with one attached hydrogen (secondary N) is 1. The van der Waals surface area contributed by atoms with Crippen LogP contribution in [0.2, 0.25) is 0 Å². The molecule has 1 heterocycles. The van der Waals surface area contributed by atoms with Gasteiger partial charge in [-0.15, -0.1) is 0 Å². The largest absolute Gasteiger partial charge is 0.419 e. The summed E-state index contributed by atoms with van der Waals surface area (Å²) in [5.41, 5.74) is 2.06. The van der Waals surface area contributed by atoms with Crippen LogP contribution in [0.3, 0.4) is 0 Å². The molecule has 0 spiro atoms. The first-order valence-electron chi connectivity index (χ1n) is 8.84. The zero-order valence-electron chi connectivity index (χ0n) is 15.5. The van der Waals surface area contributed by atoms with E-state index >= 15 is 0 Å². The molecule has 5 nitrogen and oxygen atoms in total. The van der Waals surface area contributed by atoms with Crippen LogP contribution in [0.4, 0.5) is 16.0 Å². The summed E-state index contributed by atoms with van der Waals surface area (Å²) in [6.45, 7) is 1.88. The third-order valence-electron chi connectivity index (χ3n) is 4.30. The molecule has 4 rings (SSSR count). The summed E-state index contributed by atoms with van der Waals surface area (Å²) in [6.07, 6.45) is 0. The molecule has 0 amide bonds. The molecule has 0 bridgehead atoms. The zero-order valence-corrected chi connectivity index (χ0v) is 16.3. The van der Waals surface area contributed by atoms with E-state index in [1.807, 2.05) is 13.0 Å². The molecule has 146 valence electrons. The lowest BCUT2D eigenvalue weighted by Crippen LogP contribution is -2.05. The van der Waals surface area contributed by atoms with Crippen LogP contribution in [0, 0.1) is 12.7 Å². The number of hydrogen-bond acceptors (Lipinski definition) is 5. The number of sulfone groups is 1. The minimum absolute atomic E-state index is 0.0314. The standard InChI is InChI=1S/C22H17FN2O3S/c1-15-7-13-19(14-8-15)29(26,27)22-21(24-18-11-9-17(23)10-12-18)28-20(25-22)16-5-3-2-4-6-16/h2-14,24H,1H3. The van der Waals surface area contributed by atoms with Crippen LogP contribution in [0.15, 0.2) is 93.2 Å². The fraction of sp³-hybridized carbons (Fsp3) is 0.0455. The molecule has 1 aromatic heterocycles. The summed E-state index contributed by atoms with van der Waals surface area (Å²) in [5, 5.41) is 2.67. The minimum atomic E-state index is -3.94. The van der Waals surface area contributed by atoms with E-state index in [0.29, 0.717) is 11.3 Å². The van der Waals surface area contributed by atoms with Gasteiger partial charge in [0.05, 0.1) is 4.90 Å². The van der Waals surface area contributed by atoms with E-state index in [1.54, 1.807) is 36.4 Å². The van der Waals surface area contributed by atoms with Crippen LogP contribution in [0.1, 0.15) is 5.56 Å². The fourth-order valence-electron chi connectivity index (χ4n) is 2.76. The highest BCUT2D eigenvalue weighted by Crippen LogP contribution is 2.34. The second kappa shape index (κ2) is 7.52. The molecule has 29 heavy (non-hydrogen) atoms. The second-order valence-electron chi connectivity index (χ2n) is 6.47. The van der Waals surface area contributed by atoms with Crippen molar-refractivity contribution >= 4 is 21.4 Å². The van der Waals surface area contributed by atoms with Crippen molar-refractivity contribution in [3.8, 4) is 11.5 Å². The fourth-order valence-corrected chi connectivity index (χ4v) is 4.02. The Morgan fingerprint density at radius 1 is 0.897 bits per heavy atom. The number of aryl methyl sites for hydroxylation is 1. The molecule has 0 unspecified atom stereocenters. The molecule has 1 N–H and O–H groups in total. The minimum Gasteiger partial charge on any atom is -0.419 e. The molecule has 0 atom stereocenters. The third kappa shape index (κ3) is 3.90. The Labute approximate surface area is 167 Å². The van der Waals surface area contributed by atoms with E-state index in [4.69, 9.17) is 4.42 Å². The molecular weight excluding hydrogens is 391 g/mol. The summed E-state index contributed by atoms with van der Waals surface area (Å²) in [6, 6.07) is 21.0. The van der Waals surface area contributed by atoms with Gasteiger partial charge in [-0.25, -0.2) is 12.8 Å². The van der Waals surface area contributed by atoms with E-state index in [2.05, 4.69) is 10.3 Å². The Bertz CT molecular complexity index is 1230. The lowest BCUT2D eigenvalue weighted by Gasteiger charge is -2.06. The molecule has 0 aliphatic heterocycles. The highest BCUT2D eigenvalue weighted by atomic mass is 32.2. The van der Waals surface area contributed by atoms with Gasteiger partial charge in [0.25, 0.3) is 0 Å². The number of halogens is 1. The molecule has 0 radical (unpaired) electrons. The average Bonchev–Trinajstić information content (AvgIpc) is 3.15. The number of nitrogens with zero attached hydrogens (tertiary/aromatic N) is 1. The van der Waals surface area contributed by atoms with Crippen LogP contribution in [0.5, 0.6) is 0 Å². The van der Waals surface area contributed by atoms with Crippen molar-refractivity contribution in [3.05, 3.63) is 90.2 Å². The Kier molecular flexibility index (Phi) is 4.90. The summed E-state index contributed by atoms with van der Waals surface area (Å²) in [7, 11) is -3.94. The predicted molar refractivity (Wildman–Crippen MR) is 108 cm³/mol. The number of anilines is 2. The second-order valence-corrected chi connectivity index (χ2v) is 8.33. The van der Waals surface area contributed by atoms with Gasteiger partial charge in [-0.1, -0.05) is 35.9 Å². The van der Waals surface area contributed by atoms with Crippen molar-refractivity contribution in [1.29, 1.82) is 0 Å². The number of benzene rings is 3. The topological polar surface area (TPSA) is 72.2 Å². The lowest BCUT2D eigenvalue weighted by molar-refractivity contribution is 0.581. The molecule has 0 saturated carbocycles. The van der Waals surface area contributed by atoms with Crippen LogP contribution in [0.25, 0.3) is 11.5 Å². The average molecular weight is 408 g/mol. The van der Waals surface area contributed by atoms with Crippen LogP contribution in [-0.4, -0.2) is 13.4 Å². The smallest absolute Gasteiger partial charge is 0.238 e. The highest BCUT2D eigenvalue weighted by Gasteiger charge is 2.28. The van der Waals surface area contributed by atoms with Crippen molar-refractivity contribution in [2.45, 2.75) is 16.8 Å². The summed E-state index contributed by atoms with van der Waals surface area (Å²) < 4.78 is 45.5. The van der Waals surface area contributed by atoms with E-state index < -0.39 is 15.7 Å². The molecule has 0 aliphatic carbocycles. The molecular formula is C22H17FN2O3S. The van der Waals surface area contributed by atoms with E-state index in [-0.39, 0.29) is 21.7 Å². The van der Waals surface area contributed by atoms with Crippen molar-refractivity contribution < 1.29 is 17.2 Å². The normalized spacial score (nSPS) is 11.4. The Morgan fingerprint density at radius 3 is 2.21 bits per heavy atom. The Balaban J connectivity index is 1.83. The van der Waals surface area contributed by atoms with E-state index in [0.717, 1.165) is 5.56 Å². The quantitative estimate of drug-likeness (QED) is 0.481. The maximum atomic E-state index is 13.2. The van der Waals surface area contributed by atoms with Gasteiger partial charge in [0, 0.05) is 11.3 Å². The maximum absolute atomic E-state index is 13.2. The van der Waals surface area contributed by atoms with Gasteiger partial charge in [-0.3, -0.25) is 0 Å². The van der Waals surface area contributed by atoms with Gasteiger partial charge in [-0.05, 0) is 55.5 Å². The highest BCUT2D eigenvalue weighted by molar-refractivity contribution is 7.91. The molecule has 3 aromatic carbocycles. The number of hydrogen-bond donors (Lipinski definition) is 1. The van der Waals surface area contributed by atoms with E-state index in [1.165, 1.54) is 36.4 Å². The Hall–Kier alpha value is -3.45. The van der Waals surface area contributed by atoms with Gasteiger partial charge in [0.1, 0.15) is 5.82 Å². The summed E-state index contributed by atoms with van der Waals surface area (Å²) in [4.78, 5) is 4.38. The third-order valence-corrected chi connectivity index (χ3v) is 5.98. The lowest BCUT2D eigenvalue weighted by atomic mass is 10.2. The molecule has 0 saturated heterocycles. The van der Waals surface area contributed by atoms with Crippen LogP contribution >= 0.6 is 0 Å². The van der Waals surface area contributed by atoms with Crippen LogP contribution in [-0.2, 0) is 9.84 Å². The summed E-state index contributed by atoms with van der Waals surface area (Å²) in [5.74, 6) is -0.262. The number of rotatable bonds is 5. The maximum Gasteiger partial charge on any atom is 0.238 e. The van der Waals surface area contributed by atoms with Crippen LogP contribution < -0.4 is 5.32 Å². The monoisotopic (exact) mass is 408 g/mol. The van der Waals surface area contributed by atoms with Gasteiger partial charge >= 0.3 is 0 Å². The molecule has 4 aromatic rings. The van der Waals surface area contributed by atoms with Crippen molar-refractivity contribution in [2.75, 3.05) is 5.32 Å². The first-order valence-corrected chi connectivity index (χ1v) is 10.3. The predicted octanol–water partition coefficient (Wildman–Crippen LogP) is 5.37. The summed E-state index contributed by atoms with van der Waals surface area (Å²) >= 11 is 0. The van der Waals surface area contributed by atoms with Gasteiger partial charge in [0.15, 0.2) is 0 Å². The van der Waals surface area contributed by atoms with Crippen molar-refractivity contribution in [3.63, 3.8) is 0 Å². The van der Waals surface area contributed by atoms with Crippen molar-refractivity contribution in [1.82, 2.24) is 4.98 Å². The number of aromatic nitrogens is 1. The number of oxazole rings is 1. The van der Waals surface area contributed by atoms with E-state index in [9.17, 15) is 12.8 Å². The first kappa shape index (κ1) is 18.9. The van der Waals surface area contributed by atoms with Gasteiger partial charge in [-0.2, -0.15) is 4.98 Å². The molecule has 0 aliphatic rings. The SMILES string of the molecule is Cc1ccc(S(=O)(=O)c2nc(-c3ccccc3)oc2Nc2ccc(F)cc2)cc1. The van der Waals surface area contributed by atoms with Gasteiger partial charge < -0.3 is 9.73 Å². The Morgan fingerprint density at radius 2 is 1.55 bits per heavy atom. The van der Waals surface area contributed by atoms with Crippen molar-refractivity contribution in [2.24, 2.45) is 0 Å². The molecule has 0 fully saturated rings. The first-order chi connectivity index (χ1) is 13.9.